The molecule has 0 saturated heterocycles. The molecule has 13 heavy (non-hydrogen) atoms. The van der Waals surface area contributed by atoms with E-state index in [0.717, 1.165) is 11.1 Å². The van der Waals surface area contributed by atoms with Crippen molar-refractivity contribution >= 4 is 0 Å². The molecular weight excluding hydrogens is 164 g/mol. The van der Waals surface area contributed by atoms with Crippen LogP contribution in [0.25, 0.3) is 0 Å². The molecule has 1 aromatic rings. The van der Waals surface area contributed by atoms with E-state index in [1.54, 1.807) is 19.3 Å². The highest BCUT2D eigenvalue weighted by Crippen LogP contribution is 2.23. The van der Waals surface area contributed by atoms with Gasteiger partial charge in [0, 0.05) is 18.0 Å². The maximum Gasteiger partial charge on any atom is 0.0895 e. The minimum absolute atomic E-state index is 0.473. The lowest BCUT2D eigenvalue weighted by atomic mass is 9.93. The van der Waals surface area contributed by atoms with Gasteiger partial charge < -0.3 is 10.8 Å². The summed E-state index contributed by atoms with van der Waals surface area (Å²) in [5, 5.41) is 9.99. The quantitative estimate of drug-likeness (QED) is 0.728. The predicted octanol–water partition coefficient (Wildman–Crippen LogP) is 0.946. The molecule has 1 atom stereocenters. The maximum atomic E-state index is 9.99. The van der Waals surface area contributed by atoms with E-state index in [9.17, 15) is 5.11 Å². The zero-order valence-corrected chi connectivity index (χ0v) is 8.12. The summed E-state index contributed by atoms with van der Waals surface area (Å²) in [5.74, 6) is 0. The number of aromatic nitrogens is 1. The molecule has 3 nitrogen and oxygen atoms in total. The third-order valence-corrected chi connectivity index (χ3v) is 2.13. The van der Waals surface area contributed by atoms with Gasteiger partial charge in [0.05, 0.1) is 5.60 Å². The number of aryl methyl sites for hydroxylation is 1. The highest BCUT2D eigenvalue weighted by molar-refractivity contribution is 5.22. The molecule has 0 aromatic carbocycles. The van der Waals surface area contributed by atoms with Crippen LogP contribution in [0.15, 0.2) is 18.5 Å². The fourth-order valence-corrected chi connectivity index (χ4v) is 1.27. The number of nitrogens with two attached hydrogens (primary N) is 1. The van der Waals surface area contributed by atoms with E-state index in [1.165, 1.54) is 0 Å². The second-order valence-electron chi connectivity index (χ2n) is 3.56. The first kappa shape index (κ1) is 10.2. The fraction of sp³-hybridized carbons (Fsp3) is 0.500. The second-order valence-corrected chi connectivity index (χ2v) is 3.56. The normalized spacial score (nSPS) is 15.4. The van der Waals surface area contributed by atoms with Gasteiger partial charge in [-0.2, -0.15) is 0 Å². The van der Waals surface area contributed by atoms with Crippen molar-refractivity contribution in [3.05, 3.63) is 29.6 Å². The van der Waals surface area contributed by atoms with Crippen LogP contribution in [0.3, 0.4) is 0 Å². The zero-order chi connectivity index (χ0) is 9.90. The van der Waals surface area contributed by atoms with Gasteiger partial charge in [-0.05, 0) is 32.4 Å². The second kappa shape index (κ2) is 3.85. The molecule has 0 fully saturated rings. The number of pyridine rings is 1. The molecule has 0 amide bonds. The predicted molar refractivity (Wildman–Crippen MR) is 52.2 cm³/mol. The summed E-state index contributed by atoms with van der Waals surface area (Å²) in [6.45, 7) is 4.19. The van der Waals surface area contributed by atoms with E-state index in [2.05, 4.69) is 4.98 Å². The summed E-state index contributed by atoms with van der Waals surface area (Å²) in [7, 11) is 0. The van der Waals surface area contributed by atoms with Gasteiger partial charge in [0.25, 0.3) is 0 Å². The Morgan fingerprint density at radius 1 is 1.54 bits per heavy atom. The smallest absolute Gasteiger partial charge is 0.0895 e. The van der Waals surface area contributed by atoms with Gasteiger partial charge in [0.1, 0.15) is 0 Å². The van der Waals surface area contributed by atoms with Crippen molar-refractivity contribution < 1.29 is 5.11 Å². The third-order valence-electron chi connectivity index (χ3n) is 2.13. The molecule has 1 aromatic heterocycles. The van der Waals surface area contributed by atoms with Crippen LogP contribution in [0.4, 0.5) is 0 Å². The van der Waals surface area contributed by atoms with Crippen LogP contribution in [0.1, 0.15) is 24.5 Å². The molecule has 0 aliphatic heterocycles. The van der Waals surface area contributed by atoms with Gasteiger partial charge in [0.15, 0.2) is 0 Å². The van der Waals surface area contributed by atoms with Gasteiger partial charge in [-0.25, -0.2) is 0 Å². The monoisotopic (exact) mass is 180 g/mol. The Labute approximate surface area is 78.6 Å². The highest BCUT2D eigenvalue weighted by atomic mass is 16.3. The molecule has 1 rings (SSSR count). The number of rotatable bonds is 3. The van der Waals surface area contributed by atoms with Crippen molar-refractivity contribution in [1.29, 1.82) is 0 Å². The molecule has 3 N–H and O–H groups in total. The van der Waals surface area contributed by atoms with Crippen LogP contribution < -0.4 is 5.73 Å². The van der Waals surface area contributed by atoms with Crippen LogP contribution in [0, 0.1) is 6.92 Å². The van der Waals surface area contributed by atoms with Crippen LogP contribution in [-0.2, 0) is 5.60 Å². The lowest BCUT2D eigenvalue weighted by Crippen LogP contribution is -2.25. The van der Waals surface area contributed by atoms with Gasteiger partial charge in [-0.3, -0.25) is 4.98 Å². The Morgan fingerprint density at radius 3 is 2.77 bits per heavy atom. The Balaban J connectivity index is 2.93. The Morgan fingerprint density at radius 2 is 2.23 bits per heavy atom. The molecule has 0 radical (unpaired) electrons. The molecule has 72 valence electrons. The van der Waals surface area contributed by atoms with E-state index in [4.69, 9.17) is 5.73 Å². The highest BCUT2D eigenvalue weighted by Gasteiger charge is 2.22. The number of hydrogen-bond donors (Lipinski definition) is 2. The first-order chi connectivity index (χ1) is 6.06. The van der Waals surface area contributed by atoms with Gasteiger partial charge >= 0.3 is 0 Å². The first-order valence-electron chi connectivity index (χ1n) is 4.41. The van der Waals surface area contributed by atoms with Crippen LogP contribution in [0.5, 0.6) is 0 Å². The third kappa shape index (κ3) is 2.50. The van der Waals surface area contributed by atoms with Gasteiger partial charge in [-0.1, -0.05) is 6.07 Å². The number of aliphatic hydroxyl groups is 1. The largest absolute Gasteiger partial charge is 0.385 e. The Bertz CT molecular complexity index is 284. The Hall–Kier alpha value is -0.930. The topological polar surface area (TPSA) is 59.1 Å². The summed E-state index contributed by atoms with van der Waals surface area (Å²) < 4.78 is 0. The van der Waals surface area contributed by atoms with E-state index in [0.29, 0.717) is 13.0 Å². The van der Waals surface area contributed by atoms with Crippen molar-refractivity contribution in [2.75, 3.05) is 6.54 Å². The summed E-state index contributed by atoms with van der Waals surface area (Å²) >= 11 is 0. The van der Waals surface area contributed by atoms with Crippen molar-refractivity contribution in [3.63, 3.8) is 0 Å². The minimum atomic E-state index is -0.853. The summed E-state index contributed by atoms with van der Waals surface area (Å²) in [6, 6.07) is 1.93. The molecule has 1 unspecified atom stereocenters. The van der Waals surface area contributed by atoms with Gasteiger partial charge in [-0.15, -0.1) is 0 Å². The minimum Gasteiger partial charge on any atom is -0.385 e. The molecule has 3 heteroatoms. The maximum absolute atomic E-state index is 9.99. The van der Waals surface area contributed by atoms with Crippen molar-refractivity contribution in [1.82, 2.24) is 4.98 Å². The molecule has 1 heterocycles. The molecule has 0 spiro atoms. The van der Waals surface area contributed by atoms with Crippen molar-refractivity contribution in [3.8, 4) is 0 Å². The van der Waals surface area contributed by atoms with E-state index >= 15 is 0 Å². The van der Waals surface area contributed by atoms with Crippen molar-refractivity contribution in [2.24, 2.45) is 5.73 Å². The summed E-state index contributed by atoms with van der Waals surface area (Å²) in [6.07, 6.45) is 4.00. The van der Waals surface area contributed by atoms with E-state index < -0.39 is 5.60 Å². The van der Waals surface area contributed by atoms with Crippen molar-refractivity contribution in [2.45, 2.75) is 25.9 Å². The fourth-order valence-electron chi connectivity index (χ4n) is 1.27. The van der Waals surface area contributed by atoms with Crippen LogP contribution in [0.2, 0.25) is 0 Å². The molecule has 0 aliphatic carbocycles. The molecule has 0 aliphatic rings. The lowest BCUT2D eigenvalue weighted by Gasteiger charge is -2.22. The lowest BCUT2D eigenvalue weighted by molar-refractivity contribution is 0.0500. The summed E-state index contributed by atoms with van der Waals surface area (Å²) in [5.41, 5.74) is 6.44. The SMILES string of the molecule is Cc1cncc(C(C)(O)CCN)c1. The number of nitrogens with zero attached hydrogens (tertiary/aromatic N) is 1. The first-order valence-corrected chi connectivity index (χ1v) is 4.41. The van der Waals surface area contributed by atoms with E-state index in [1.807, 2.05) is 13.0 Å². The standard InChI is InChI=1S/C10H16N2O/c1-8-5-9(7-12-6-8)10(2,13)3-4-11/h5-7,13H,3-4,11H2,1-2H3. The molecule has 0 bridgehead atoms. The molecule has 0 saturated carbocycles. The Kier molecular flexibility index (Phi) is 3.01. The van der Waals surface area contributed by atoms with Crippen LogP contribution >= 0.6 is 0 Å². The zero-order valence-electron chi connectivity index (χ0n) is 8.12. The molecular formula is C10H16N2O. The van der Waals surface area contributed by atoms with Gasteiger partial charge in [0.2, 0.25) is 0 Å². The van der Waals surface area contributed by atoms with E-state index in [-0.39, 0.29) is 0 Å². The average Bonchev–Trinajstić information content (AvgIpc) is 2.04. The van der Waals surface area contributed by atoms with Crippen LogP contribution in [-0.4, -0.2) is 16.6 Å². The average molecular weight is 180 g/mol. The number of hydrogen-bond acceptors (Lipinski definition) is 3. The summed E-state index contributed by atoms with van der Waals surface area (Å²) in [4.78, 5) is 4.03.